The van der Waals surface area contributed by atoms with E-state index in [4.69, 9.17) is 23.2 Å². The van der Waals surface area contributed by atoms with Crippen LogP contribution < -0.4 is 5.32 Å². The molecule has 0 aliphatic heterocycles. The van der Waals surface area contributed by atoms with E-state index in [1.165, 1.54) is 0 Å². The molecule has 4 nitrogen and oxygen atoms in total. The monoisotopic (exact) mass is 522 g/mol. The number of aryl methyl sites for hydroxylation is 1. The van der Waals surface area contributed by atoms with Crippen LogP contribution in [0.3, 0.4) is 0 Å². The van der Waals surface area contributed by atoms with E-state index in [0.29, 0.717) is 22.9 Å². The van der Waals surface area contributed by atoms with Crippen molar-refractivity contribution in [1.29, 1.82) is 0 Å². The van der Waals surface area contributed by atoms with Crippen LogP contribution in [-0.4, -0.2) is 28.8 Å². The molecule has 0 heterocycles. The lowest BCUT2D eigenvalue weighted by atomic mass is 10.0. The Labute approximate surface area is 223 Å². The number of nitrogens with zero attached hydrogens (tertiary/aromatic N) is 1. The molecule has 1 aliphatic carbocycles. The molecule has 2 amide bonds. The number of carbonyl (C=O) groups excluding carboxylic acids is 2. The van der Waals surface area contributed by atoms with Crippen molar-refractivity contribution in [2.45, 2.75) is 63.6 Å². The second-order valence-electron chi connectivity index (χ2n) is 9.40. The second-order valence-corrected chi connectivity index (χ2v) is 10.2. The van der Waals surface area contributed by atoms with Crippen LogP contribution in [0.2, 0.25) is 10.0 Å². The summed E-state index contributed by atoms with van der Waals surface area (Å²) in [5, 5.41) is 4.45. The molecule has 6 heteroatoms. The Balaban J connectivity index is 1.63. The van der Waals surface area contributed by atoms with Crippen LogP contribution in [0.5, 0.6) is 0 Å². The van der Waals surface area contributed by atoms with Crippen LogP contribution in [0.1, 0.15) is 48.8 Å². The van der Waals surface area contributed by atoms with Gasteiger partial charge in [-0.2, -0.15) is 0 Å². The molecule has 1 fully saturated rings. The van der Waals surface area contributed by atoms with Gasteiger partial charge >= 0.3 is 0 Å². The number of halogens is 2. The van der Waals surface area contributed by atoms with Gasteiger partial charge in [0.25, 0.3) is 0 Å². The summed E-state index contributed by atoms with van der Waals surface area (Å²) in [5.74, 6) is -0.207. The minimum absolute atomic E-state index is 0.0997. The topological polar surface area (TPSA) is 49.4 Å². The predicted molar refractivity (Wildman–Crippen MR) is 146 cm³/mol. The summed E-state index contributed by atoms with van der Waals surface area (Å²) >= 11 is 12.8. The third-order valence-corrected chi connectivity index (χ3v) is 7.57. The highest BCUT2D eigenvalue weighted by Gasteiger charge is 2.32. The zero-order chi connectivity index (χ0) is 25.3. The molecule has 0 bridgehead atoms. The minimum atomic E-state index is -0.650. The Kier molecular flexibility index (Phi) is 9.43. The number of amides is 2. The van der Waals surface area contributed by atoms with E-state index < -0.39 is 6.04 Å². The zero-order valence-electron chi connectivity index (χ0n) is 20.3. The molecule has 1 N–H and O–H groups in total. The van der Waals surface area contributed by atoms with E-state index in [1.807, 2.05) is 78.9 Å². The average molecular weight is 524 g/mol. The second kappa shape index (κ2) is 12.9. The van der Waals surface area contributed by atoms with E-state index in [0.717, 1.165) is 42.4 Å². The van der Waals surface area contributed by atoms with Crippen LogP contribution in [0.25, 0.3) is 0 Å². The molecule has 0 spiro atoms. The van der Waals surface area contributed by atoms with Gasteiger partial charge in [-0.25, -0.2) is 0 Å². The number of nitrogens with one attached hydrogen (secondary N) is 1. The summed E-state index contributed by atoms with van der Waals surface area (Å²) in [6, 6.07) is 24.4. The van der Waals surface area contributed by atoms with Crippen LogP contribution in [0.15, 0.2) is 78.9 Å². The SMILES string of the molecule is O=C(NC1CCCC1)C(Cc1ccccc1)N(Cc1ccccc1Cl)C(=O)CCc1ccccc1Cl. The molecule has 0 saturated heterocycles. The molecule has 1 aliphatic rings. The Bertz CT molecular complexity index is 1160. The normalized spacial score (nSPS) is 14.4. The van der Waals surface area contributed by atoms with E-state index in [-0.39, 0.29) is 30.8 Å². The smallest absolute Gasteiger partial charge is 0.243 e. The van der Waals surface area contributed by atoms with Crippen LogP contribution in [0.4, 0.5) is 0 Å². The van der Waals surface area contributed by atoms with Crippen molar-refractivity contribution >= 4 is 35.0 Å². The first-order valence-electron chi connectivity index (χ1n) is 12.6. The minimum Gasteiger partial charge on any atom is -0.352 e. The van der Waals surface area contributed by atoms with Crippen LogP contribution in [-0.2, 0) is 29.0 Å². The van der Waals surface area contributed by atoms with Crippen molar-refractivity contribution < 1.29 is 9.59 Å². The van der Waals surface area contributed by atoms with Gasteiger partial charge < -0.3 is 10.2 Å². The van der Waals surface area contributed by atoms with Gasteiger partial charge in [-0.05, 0) is 48.1 Å². The molecule has 1 atom stereocenters. The first-order chi connectivity index (χ1) is 17.5. The average Bonchev–Trinajstić information content (AvgIpc) is 3.40. The number of benzene rings is 3. The molecule has 3 aromatic rings. The van der Waals surface area contributed by atoms with Crippen molar-refractivity contribution in [1.82, 2.24) is 10.2 Å². The van der Waals surface area contributed by atoms with Gasteiger partial charge in [0.2, 0.25) is 11.8 Å². The number of carbonyl (C=O) groups is 2. The lowest BCUT2D eigenvalue weighted by Crippen LogP contribution is -2.52. The molecular weight excluding hydrogens is 491 g/mol. The van der Waals surface area contributed by atoms with Crippen molar-refractivity contribution in [3.05, 3.63) is 106 Å². The van der Waals surface area contributed by atoms with Gasteiger partial charge in [-0.15, -0.1) is 0 Å². The lowest BCUT2D eigenvalue weighted by molar-refractivity contribution is -0.141. The maximum Gasteiger partial charge on any atom is 0.243 e. The third kappa shape index (κ3) is 7.11. The maximum absolute atomic E-state index is 13.8. The number of rotatable bonds is 10. The zero-order valence-corrected chi connectivity index (χ0v) is 21.8. The summed E-state index contributed by atoms with van der Waals surface area (Å²) in [7, 11) is 0. The Morgan fingerprint density at radius 1 is 0.833 bits per heavy atom. The predicted octanol–water partition coefficient (Wildman–Crippen LogP) is 6.62. The molecule has 188 valence electrons. The van der Waals surface area contributed by atoms with Crippen molar-refractivity contribution in [3.8, 4) is 0 Å². The molecular formula is C30H32Cl2N2O2. The number of hydrogen-bond acceptors (Lipinski definition) is 2. The van der Waals surface area contributed by atoms with Gasteiger partial charge in [0, 0.05) is 35.5 Å². The van der Waals surface area contributed by atoms with Gasteiger partial charge in [0.05, 0.1) is 0 Å². The fraction of sp³-hybridized carbons (Fsp3) is 0.333. The van der Waals surface area contributed by atoms with E-state index >= 15 is 0 Å². The summed E-state index contributed by atoms with van der Waals surface area (Å²) in [4.78, 5) is 29.2. The van der Waals surface area contributed by atoms with E-state index in [2.05, 4.69) is 5.32 Å². The maximum atomic E-state index is 13.8. The first-order valence-corrected chi connectivity index (χ1v) is 13.4. The largest absolute Gasteiger partial charge is 0.352 e. The van der Waals surface area contributed by atoms with E-state index in [1.54, 1.807) is 4.90 Å². The Morgan fingerprint density at radius 3 is 2.06 bits per heavy atom. The molecule has 0 radical (unpaired) electrons. The quantitative estimate of drug-likeness (QED) is 0.325. The van der Waals surface area contributed by atoms with Crippen molar-refractivity contribution in [2.75, 3.05) is 0 Å². The highest BCUT2D eigenvalue weighted by molar-refractivity contribution is 6.31. The standard InChI is InChI=1S/C30H32Cl2N2O2/c31-26-16-8-4-12-23(26)18-19-29(35)34(21-24-13-5-9-17-27(24)32)28(20-22-10-2-1-3-11-22)30(36)33-25-14-6-7-15-25/h1-5,8-13,16-17,25,28H,6-7,14-15,18-21H2,(H,33,36). The van der Waals surface area contributed by atoms with Crippen LogP contribution in [0, 0.1) is 0 Å². The Hall–Kier alpha value is -2.82. The number of hydrogen-bond donors (Lipinski definition) is 1. The Morgan fingerprint density at radius 2 is 1.42 bits per heavy atom. The van der Waals surface area contributed by atoms with Crippen molar-refractivity contribution in [3.63, 3.8) is 0 Å². The highest BCUT2D eigenvalue weighted by Crippen LogP contribution is 2.24. The van der Waals surface area contributed by atoms with Crippen molar-refractivity contribution in [2.24, 2.45) is 0 Å². The van der Waals surface area contributed by atoms with Gasteiger partial charge in [0.1, 0.15) is 6.04 Å². The molecule has 1 unspecified atom stereocenters. The van der Waals surface area contributed by atoms with Gasteiger partial charge in [-0.1, -0.05) is 103 Å². The molecule has 4 rings (SSSR count). The van der Waals surface area contributed by atoms with Gasteiger partial charge in [-0.3, -0.25) is 9.59 Å². The fourth-order valence-corrected chi connectivity index (χ4v) is 5.24. The summed E-state index contributed by atoms with van der Waals surface area (Å²) in [6.07, 6.45) is 5.38. The summed E-state index contributed by atoms with van der Waals surface area (Å²) < 4.78 is 0. The summed E-state index contributed by atoms with van der Waals surface area (Å²) in [6.45, 7) is 0.261. The fourth-order valence-electron chi connectivity index (χ4n) is 4.82. The molecule has 3 aromatic carbocycles. The summed E-state index contributed by atoms with van der Waals surface area (Å²) in [5.41, 5.74) is 2.74. The van der Waals surface area contributed by atoms with Gasteiger partial charge in [0.15, 0.2) is 0 Å². The third-order valence-electron chi connectivity index (χ3n) is 6.84. The lowest BCUT2D eigenvalue weighted by Gasteiger charge is -2.32. The molecule has 0 aromatic heterocycles. The molecule has 1 saturated carbocycles. The highest BCUT2D eigenvalue weighted by atomic mass is 35.5. The van der Waals surface area contributed by atoms with E-state index in [9.17, 15) is 9.59 Å². The first kappa shape index (κ1) is 26.2. The molecule has 36 heavy (non-hydrogen) atoms. The van der Waals surface area contributed by atoms with Crippen LogP contribution >= 0.6 is 23.2 Å².